The lowest BCUT2D eigenvalue weighted by atomic mass is 10.2. The van der Waals surface area contributed by atoms with Gasteiger partial charge in [-0.2, -0.15) is 8.78 Å². The first-order chi connectivity index (χ1) is 14.3. The molecule has 1 aliphatic rings. The molecule has 1 aromatic heterocycles. The SMILES string of the molecule is C=CC(=O)N1CCN(C(=N/C=C\C)/C(=C/CC)Nc2ccc(C(C)(F)F)nc2)CC1. The van der Waals surface area contributed by atoms with Crippen molar-refractivity contribution in [3.8, 4) is 0 Å². The van der Waals surface area contributed by atoms with Gasteiger partial charge in [0.1, 0.15) is 5.69 Å². The van der Waals surface area contributed by atoms with E-state index in [1.807, 2.05) is 26.0 Å². The second kappa shape index (κ2) is 10.7. The Balaban J connectivity index is 2.23. The molecule has 1 fully saturated rings. The molecular formula is C22H29F2N5O. The van der Waals surface area contributed by atoms with Crippen molar-refractivity contribution >= 4 is 17.4 Å². The van der Waals surface area contributed by atoms with Crippen LogP contribution in [0.3, 0.4) is 0 Å². The van der Waals surface area contributed by atoms with Gasteiger partial charge in [-0.3, -0.25) is 9.78 Å². The van der Waals surface area contributed by atoms with Gasteiger partial charge in [-0.05, 0) is 31.6 Å². The molecule has 0 bridgehead atoms. The fourth-order valence-corrected chi connectivity index (χ4v) is 3.02. The number of anilines is 1. The molecular weight excluding hydrogens is 388 g/mol. The first kappa shape index (κ1) is 23.3. The van der Waals surface area contributed by atoms with Crippen LogP contribution in [0, 0.1) is 0 Å². The minimum atomic E-state index is -2.98. The smallest absolute Gasteiger partial charge is 0.286 e. The lowest BCUT2D eigenvalue weighted by Crippen LogP contribution is -2.51. The number of nitrogens with zero attached hydrogens (tertiary/aromatic N) is 4. The molecule has 1 aliphatic heterocycles. The molecule has 1 N–H and O–H groups in total. The number of alkyl halides is 2. The van der Waals surface area contributed by atoms with E-state index in [1.165, 1.54) is 18.3 Å². The molecule has 2 rings (SSSR count). The molecule has 6 nitrogen and oxygen atoms in total. The van der Waals surface area contributed by atoms with E-state index in [-0.39, 0.29) is 11.6 Å². The molecule has 8 heteroatoms. The third kappa shape index (κ3) is 6.23. The van der Waals surface area contributed by atoms with E-state index in [1.54, 1.807) is 17.2 Å². The average molecular weight is 418 g/mol. The van der Waals surface area contributed by atoms with Crippen molar-refractivity contribution in [2.75, 3.05) is 31.5 Å². The molecule has 1 amide bonds. The third-order valence-corrected chi connectivity index (χ3v) is 4.55. The second-order valence-electron chi connectivity index (χ2n) is 6.92. The predicted molar refractivity (Wildman–Crippen MR) is 116 cm³/mol. The van der Waals surface area contributed by atoms with Gasteiger partial charge in [0.2, 0.25) is 5.91 Å². The monoisotopic (exact) mass is 417 g/mol. The van der Waals surface area contributed by atoms with E-state index >= 15 is 0 Å². The number of aromatic nitrogens is 1. The van der Waals surface area contributed by atoms with Crippen LogP contribution in [0.25, 0.3) is 0 Å². The zero-order valence-corrected chi connectivity index (χ0v) is 17.7. The summed E-state index contributed by atoms with van der Waals surface area (Å²) in [5.74, 6) is -2.34. The van der Waals surface area contributed by atoms with Crippen molar-refractivity contribution in [3.63, 3.8) is 0 Å². The van der Waals surface area contributed by atoms with Gasteiger partial charge in [-0.25, -0.2) is 4.99 Å². The van der Waals surface area contributed by atoms with Crippen LogP contribution < -0.4 is 5.32 Å². The summed E-state index contributed by atoms with van der Waals surface area (Å²) in [5.41, 5.74) is 1.08. The second-order valence-corrected chi connectivity index (χ2v) is 6.92. The first-order valence-corrected chi connectivity index (χ1v) is 9.97. The number of aliphatic imine (C=N–C) groups is 1. The van der Waals surface area contributed by atoms with Gasteiger partial charge in [0, 0.05) is 39.3 Å². The first-order valence-electron chi connectivity index (χ1n) is 9.97. The summed E-state index contributed by atoms with van der Waals surface area (Å²) in [4.78, 5) is 24.2. The van der Waals surface area contributed by atoms with Gasteiger partial charge >= 0.3 is 0 Å². The van der Waals surface area contributed by atoms with Crippen LogP contribution in [-0.2, 0) is 10.7 Å². The number of pyridine rings is 1. The summed E-state index contributed by atoms with van der Waals surface area (Å²) in [7, 11) is 0. The summed E-state index contributed by atoms with van der Waals surface area (Å²) in [5, 5.41) is 3.26. The molecule has 0 spiro atoms. The summed E-state index contributed by atoms with van der Waals surface area (Å²) >= 11 is 0. The maximum absolute atomic E-state index is 13.4. The number of carbonyl (C=O) groups is 1. The molecule has 30 heavy (non-hydrogen) atoms. The predicted octanol–water partition coefficient (Wildman–Crippen LogP) is 4.16. The van der Waals surface area contributed by atoms with E-state index in [0.717, 1.165) is 24.9 Å². The Kier molecular flexibility index (Phi) is 8.26. The fourth-order valence-electron chi connectivity index (χ4n) is 3.02. The van der Waals surface area contributed by atoms with Crippen LogP contribution in [0.4, 0.5) is 14.5 Å². The number of rotatable bonds is 7. The van der Waals surface area contributed by atoms with Gasteiger partial charge in [0.05, 0.1) is 17.6 Å². The van der Waals surface area contributed by atoms with Gasteiger partial charge in [0.15, 0.2) is 5.84 Å². The van der Waals surface area contributed by atoms with E-state index in [9.17, 15) is 13.6 Å². The minimum Gasteiger partial charge on any atom is -0.352 e. The Bertz CT molecular complexity index is 817. The van der Waals surface area contributed by atoms with Crippen molar-refractivity contribution in [1.29, 1.82) is 0 Å². The molecule has 1 saturated heterocycles. The lowest BCUT2D eigenvalue weighted by Gasteiger charge is -2.36. The largest absolute Gasteiger partial charge is 0.352 e. The summed E-state index contributed by atoms with van der Waals surface area (Å²) in [6, 6.07) is 2.89. The van der Waals surface area contributed by atoms with Crippen molar-refractivity contribution in [2.24, 2.45) is 4.99 Å². The number of amides is 1. The van der Waals surface area contributed by atoms with Crippen molar-refractivity contribution < 1.29 is 13.6 Å². The number of piperazine rings is 1. The third-order valence-electron chi connectivity index (χ3n) is 4.55. The van der Waals surface area contributed by atoms with E-state index < -0.39 is 5.92 Å². The maximum atomic E-state index is 13.4. The van der Waals surface area contributed by atoms with E-state index in [4.69, 9.17) is 0 Å². The number of nitrogens with one attached hydrogen (secondary N) is 1. The molecule has 0 aromatic carbocycles. The molecule has 0 saturated carbocycles. The van der Waals surface area contributed by atoms with Gasteiger partial charge < -0.3 is 15.1 Å². The van der Waals surface area contributed by atoms with Crippen LogP contribution in [0.2, 0.25) is 0 Å². The van der Waals surface area contributed by atoms with Gasteiger partial charge in [-0.1, -0.05) is 25.7 Å². The summed E-state index contributed by atoms with van der Waals surface area (Å²) in [6.07, 6.45) is 9.01. The summed E-state index contributed by atoms with van der Waals surface area (Å²) in [6.45, 7) is 10.6. The zero-order valence-electron chi connectivity index (χ0n) is 17.7. The van der Waals surface area contributed by atoms with Crippen LogP contribution in [0.1, 0.15) is 32.9 Å². The van der Waals surface area contributed by atoms with E-state index in [2.05, 4.69) is 26.8 Å². The van der Waals surface area contributed by atoms with Crippen molar-refractivity contribution in [3.05, 3.63) is 60.7 Å². The van der Waals surface area contributed by atoms with Crippen LogP contribution >= 0.6 is 0 Å². The number of hydrogen-bond acceptors (Lipinski definition) is 4. The average Bonchev–Trinajstić information content (AvgIpc) is 2.73. The number of halogens is 2. The highest BCUT2D eigenvalue weighted by Crippen LogP contribution is 2.26. The van der Waals surface area contributed by atoms with Gasteiger partial charge in [0.25, 0.3) is 5.92 Å². The van der Waals surface area contributed by atoms with Crippen LogP contribution in [0.15, 0.2) is 60.0 Å². The van der Waals surface area contributed by atoms with Crippen molar-refractivity contribution in [1.82, 2.24) is 14.8 Å². The molecule has 0 atom stereocenters. The fraction of sp³-hybridized carbons (Fsp3) is 0.409. The Morgan fingerprint density at radius 1 is 1.30 bits per heavy atom. The zero-order chi connectivity index (χ0) is 22.1. The molecule has 2 heterocycles. The van der Waals surface area contributed by atoms with Crippen LogP contribution in [0.5, 0.6) is 0 Å². The number of allylic oxidation sites excluding steroid dienone is 2. The molecule has 0 radical (unpaired) electrons. The summed E-state index contributed by atoms with van der Waals surface area (Å²) < 4.78 is 26.9. The standard InChI is InChI=1S/C22H29F2N5O/c1-5-8-18(27-17-9-10-19(26-16-17)22(4,23)24)21(25-11-6-2)29-14-12-28(13-15-29)20(30)7-3/h6-11,16,27H,3,5,12-15H2,1-2,4H3/b11-6-,18-8-,25-21+. The Labute approximate surface area is 176 Å². The Morgan fingerprint density at radius 3 is 2.47 bits per heavy atom. The number of amidine groups is 1. The highest BCUT2D eigenvalue weighted by Gasteiger charge is 2.26. The molecule has 0 aliphatic carbocycles. The highest BCUT2D eigenvalue weighted by molar-refractivity contribution is 6.01. The van der Waals surface area contributed by atoms with Crippen molar-refractivity contribution in [2.45, 2.75) is 33.1 Å². The number of carbonyl (C=O) groups excluding carboxylic acids is 1. The minimum absolute atomic E-state index is 0.0806. The van der Waals surface area contributed by atoms with E-state index in [0.29, 0.717) is 31.9 Å². The topological polar surface area (TPSA) is 60.8 Å². The Hall–Kier alpha value is -3.03. The highest BCUT2D eigenvalue weighted by atomic mass is 19.3. The molecule has 0 unspecified atom stereocenters. The lowest BCUT2D eigenvalue weighted by molar-refractivity contribution is -0.127. The normalized spacial score (nSPS) is 16.2. The molecule has 162 valence electrons. The molecule has 1 aromatic rings. The number of hydrogen-bond donors (Lipinski definition) is 1. The quantitative estimate of drug-likeness (QED) is 0.411. The van der Waals surface area contributed by atoms with Crippen LogP contribution in [-0.4, -0.2) is 52.7 Å². The van der Waals surface area contributed by atoms with Gasteiger partial charge in [-0.15, -0.1) is 0 Å². The Morgan fingerprint density at radius 2 is 1.97 bits per heavy atom. The maximum Gasteiger partial charge on any atom is 0.286 e.